The maximum Gasteiger partial charge on any atom is 0.339 e. The molecule has 0 amide bonds. The number of nitrogens with one attached hydrogen (secondary N) is 1. The van der Waals surface area contributed by atoms with Crippen molar-refractivity contribution in [1.29, 1.82) is 0 Å². The molecule has 34 heavy (non-hydrogen) atoms. The third-order valence-corrected chi connectivity index (χ3v) is 5.57. The van der Waals surface area contributed by atoms with Crippen LogP contribution in [0.3, 0.4) is 0 Å². The van der Waals surface area contributed by atoms with E-state index in [9.17, 15) is 4.79 Å². The molecule has 3 aromatic carbocycles. The molecule has 0 radical (unpaired) electrons. The molecule has 5 rings (SSSR count). The van der Waals surface area contributed by atoms with E-state index in [0.717, 1.165) is 33.4 Å². The molecule has 0 saturated heterocycles. The average Bonchev–Trinajstić information content (AvgIpc) is 3.31. The Morgan fingerprint density at radius 2 is 1.76 bits per heavy atom. The van der Waals surface area contributed by atoms with Crippen molar-refractivity contribution >= 4 is 28.5 Å². The molecule has 2 heterocycles. The normalized spacial score (nSPS) is 10.9. The number of methoxy groups -OCH3 is 1. The van der Waals surface area contributed by atoms with Crippen molar-refractivity contribution in [3.63, 3.8) is 0 Å². The molecule has 0 unspecified atom stereocenters. The van der Waals surface area contributed by atoms with Crippen LogP contribution in [0.5, 0.6) is 0 Å². The van der Waals surface area contributed by atoms with Crippen LogP contribution in [0.15, 0.2) is 85.3 Å². The second kappa shape index (κ2) is 9.13. The van der Waals surface area contributed by atoms with E-state index in [0.29, 0.717) is 23.6 Å². The fourth-order valence-electron chi connectivity index (χ4n) is 3.89. The molecule has 3 N–H and O–H groups in total. The molecule has 0 aliphatic carbocycles. The third-order valence-electron chi connectivity index (χ3n) is 5.57. The number of carbonyl (C=O) groups excluding carboxylic acids is 1. The van der Waals surface area contributed by atoms with Crippen LogP contribution in [0, 0.1) is 0 Å². The lowest BCUT2D eigenvalue weighted by atomic mass is 10.1. The predicted octanol–water partition coefficient (Wildman–Crippen LogP) is 4.47. The molecule has 8 heteroatoms. The third kappa shape index (κ3) is 3.87. The van der Waals surface area contributed by atoms with Crippen LogP contribution in [-0.4, -0.2) is 32.8 Å². The molecule has 0 aliphatic rings. The molecule has 0 fully saturated rings. The summed E-state index contributed by atoms with van der Waals surface area (Å²) in [5.41, 5.74) is 12.1. The number of aromatic nitrogens is 4. The zero-order valence-corrected chi connectivity index (χ0v) is 18.5. The second-order valence-electron chi connectivity index (χ2n) is 7.57. The van der Waals surface area contributed by atoms with Gasteiger partial charge in [0, 0.05) is 24.5 Å². The Hall–Kier alpha value is -4.56. The Morgan fingerprint density at radius 3 is 2.59 bits per heavy atom. The number of carbonyl (C=O) groups is 1. The van der Waals surface area contributed by atoms with Gasteiger partial charge in [-0.05, 0) is 41.5 Å². The summed E-state index contributed by atoms with van der Waals surface area (Å²) in [6, 6.07) is 20.9. The Kier molecular flexibility index (Phi) is 5.72. The zero-order chi connectivity index (χ0) is 23.5. The quantitative estimate of drug-likeness (QED) is 0.367. The molecule has 5 aromatic rings. The van der Waals surface area contributed by atoms with Crippen LogP contribution in [0.2, 0.25) is 0 Å². The van der Waals surface area contributed by atoms with E-state index in [1.165, 1.54) is 7.11 Å². The number of benzene rings is 3. The highest BCUT2D eigenvalue weighted by Crippen LogP contribution is 2.35. The predicted molar refractivity (Wildman–Crippen MR) is 131 cm³/mol. The number of fused-ring (bicyclic) bond motifs is 1. The van der Waals surface area contributed by atoms with Crippen LogP contribution >= 0.6 is 0 Å². The number of hydrogen-bond donors (Lipinski definition) is 2. The summed E-state index contributed by atoms with van der Waals surface area (Å²) < 4.78 is 6.78. The fourth-order valence-corrected chi connectivity index (χ4v) is 3.89. The van der Waals surface area contributed by atoms with E-state index in [4.69, 9.17) is 10.5 Å². The van der Waals surface area contributed by atoms with Gasteiger partial charge >= 0.3 is 5.97 Å². The van der Waals surface area contributed by atoms with Gasteiger partial charge in [0.05, 0.1) is 41.3 Å². The number of rotatable bonds is 6. The molecule has 0 aliphatic heterocycles. The lowest BCUT2D eigenvalue weighted by molar-refractivity contribution is 0.0602. The van der Waals surface area contributed by atoms with Gasteiger partial charge in [-0.1, -0.05) is 36.4 Å². The Balaban J connectivity index is 1.71. The highest BCUT2D eigenvalue weighted by molar-refractivity contribution is 5.97. The summed E-state index contributed by atoms with van der Waals surface area (Å²) in [5.74, 6) is 0.250. The number of hydrogen-bond acceptors (Lipinski definition) is 7. The van der Waals surface area contributed by atoms with E-state index in [1.807, 2.05) is 54.6 Å². The van der Waals surface area contributed by atoms with Gasteiger partial charge < -0.3 is 15.8 Å². The first-order valence-corrected chi connectivity index (χ1v) is 10.7. The Labute approximate surface area is 196 Å². The average molecular weight is 451 g/mol. The fraction of sp³-hybridized carbons (Fsp3) is 0.0769. The van der Waals surface area contributed by atoms with Gasteiger partial charge in [-0.2, -0.15) is 5.10 Å². The minimum Gasteiger partial charge on any atom is -0.465 e. The smallest absolute Gasteiger partial charge is 0.339 e. The maximum atomic E-state index is 12.4. The molecule has 2 aromatic heterocycles. The van der Waals surface area contributed by atoms with E-state index >= 15 is 0 Å². The van der Waals surface area contributed by atoms with Gasteiger partial charge in [-0.15, -0.1) is 0 Å². The molecular formula is C26H22N6O2. The van der Waals surface area contributed by atoms with Crippen LogP contribution in [0.4, 0.5) is 11.5 Å². The van der Waals surface area contributed by atoms with Crippen LogP contribution in [0.25, 0.3) is 27.8 Å². The number of anilines is 2. The van der Waals surface area contributed by atoms with Crippen LogP contribution in [0.1, 0.15) is 15.9 Å². The van der Waals surface area contributed by atoms with Gasteiger partial charge in [0.25, 0.3) is 0 Å². The molecule has 0 atom stereocenters. The second-order valence-corrected chi connectivity index (χ2v) is 7.57. The summed E-state index contributed by atoms with van der Waals surface area (Å²) in [6.07, 6.45) is 5.12. The van der Waals surface area contributed by atoms with E-state index in [1.54, 1.807) is 35.4 Å². The molecule has 8 nitrogen and oxygen atoms in total. The van der Waals surface area contributed by atoms with Gasteiger partial charge in [0.1, 0.15) is 5.82 Å². The van der Waals surface area contributed by atoms with Gasteiger partial charge in [0.2, 0.25) is 0 Å². The van der Waals surface area contributed by atoms with Gasteiger partial charge in [0.15, 0.2) is 0 Å². The van der Waals surface area contributed by atoms with Crippen molar-refractivity contribution < 1.29 is 9.53 Å². The number of para-hydroxylation sites is 2. The Morgan fingerprint density at radius 1 is 1.00 bits per heavy atom. The van der Waals surface area contributed by atoms with Crippen LogP contribution in [-0.2, 0) is 11.3 Å². The SMILES string of the molecule is COC(=O)c1ccccc1Nc1c(-c2ccc3nccnc3c2)cnn1-c1ccccc1CN. The summed E-state index contributed by atoms with van der Waals surface area (Å²) in [6.45, 7) is 0.356. The standard InChI is InChI=1S/C26H22N6O2/c1-34-26(33)19-7-3-4-8-21(19)31-25-20(17-10-11-22-23(14-17)29-13-12-28-22)16-30-32(25)24-9-5-2-6-18(24)15-27/h2-14,16,31H,15,27H2,1H3. The minimum absolute atomic E-state index is 0.356. The van der Waals surface area contributed by atoms with E-state index in [2.05, 4.69) is 20.4 Å². The lowest BCUT2D eigenvalue weighted by Crippen LogP contribution is -2.10. The molecule has 168 valence electrons. The first kappa shape index (κ1) is 21.3. The highest BCUT2D eigenvalue weighted by Gasteiger charge is 2.19. The molecular weight excluding hydrogens is 428 g/mol. The maximum absolute atomic E-state index is 12.4. The van der Waals surface area contributed by atoms with Crippen molar-refractivity contribution in [1.82, 2.24) is 19.7 Å². The van der Waals surface area contributed by atoms with Crippen molar-refractivity contribution in [2.75, 3.05) is 12.4 Å². The first-order valence-electron chi connectivity index (χ1n) is 10.7. The molecule has 0 saturated carbocycles. The Bertz CT molecular complexity index is 1490. The molecule has 0 spiro atoms. The number of nitrogens with zero attached hydrogens (tertiary/aromatic N) is 4. The lowest BCUT2D eigenvalue weighted by Gasteiger charge is -2.16. The van der Waals surface area contributed by atoms with Gasteiger partial charge in [-0.3, -0.25) is 9.97 Å². The first-order chi connectivity index (χ1) is 16.7. The number of esters is 1. The summed E-state index contributed by atoms with van der Waals surface area (Å²) in [5, 5.41) is 8.11. The number of nitrogens with two attached hydrogens (primary N) is 1. The molecule has 0 bridgehead atoms. The van der Waals surface area contributed by atoms with Crippen molar-refractivity contribution in [3.8, 4) is 16.8 Å². The van der Waals surface area contributed by atoms with E-state index < -0.39 is 5.97 Å². The van der Waals surface area contributed by atoms with Crippen LogP contribution < -0.4 is 11.1 Å². The minimum atomic E-state index is -0.431. The van der Waals surface area contributed by atoms with Crippen molar-refractivity contribution in [3.05, 3.63) is 96.4 Å². The summed E-state index contributed by atoms with van der Waals surface area (Å²) in [4.78, 5) is 21.2. The van der Waals surface area contributed by atoms with E-state index in [-0.39, 0.29) is 0 Å². The monoisotopic (exact) mass is 450 g/mol. The topological polar surface area (TPSA) is 108 Å². The summed E-state index contributed by atoms with van der Waals surface area (Å²) in [7, 11) is 1.36. The zero-order valence-electron chi connectivity index (χ0n) is 18.5. The van der Waals surface area contributed by atoms with Crippen molar-refractivity contribution in [2.24, 2.45) is 5.73 Å². The summed E-state index contributed by atoms with van der Waals surface area (Å²) >= 11 is 0. The highest BCUT2D eigenvalue weighted by atomic mass is 16.5. The van der Waals surface area contributed by atoms with Gasteiger partial charge in [-0.25, -0.2) is 9.48 Å². The van der Waals surface area contributed by atoms with Crippen molar-refractivity contribution in [2.45, 2.75) is 6.54 Å². The largest absolute Gasteiger partial charge is 0.465 e. The number of ether oxygens (including phenoxy) is 1.